The molecule has 0 bridgehead atoms. The Hall–Kier alpha value is -1.40. The van der Waals surface area contributed by atoms with E-state index in [0.717, 1.165) is 12.0 Å². The Labute approximate surface area is 138 Å². The van der Waals surface area contributed by atoms with Crippen molar-refractivity contribution in [2.45, 2.75) is 44.0 Å². The summed E-state index contributed by atoms with van der Waals surface area (Å²) in [7, 11) is -3.49. The van der Waals surface area contributed by atoms with Crippen molar-refractivity contribution in [1.82, 2.24) is 9.21 Å². The molecular formula is C17H24N2O3S. The number of hydrogen-bond acceptors (Lipinski definition) is 3. The molecule has 1 aromatic rings. The third-order valence-corrected chi connectivity index (χ3v) is 7.06. The summed E-state index contributed by atoms with van der Waals surface area (Å²) in [5.74, 6) is 0.434. The van der Waals surface area contributed by atoms with Crippen LogP contribution >= 0.6 is 0 Å². The third kappa shape index (κ3) is 2.48. The molecule has 0 radical (unpaired) electrons. The van der Waals surface area contributed by atoms with Gasteiger partial charge in [0.05, 0.1) is 10.4 Å². The average molecular weight is 336 g/mol. The number of likely N-dealkylation sites (tertiary alicyclic amines) is 1. The van der Waals surface area contributed by atoms with Crippen molar-refractivity contribution in [1.29, 1.82) is 0 Å². The summed E-state index contributed by atoms with van der Waals surface area (Å²) in [5.41, 5.74) is 0.267. The summed E-state index contributed by atoms with van der Waals surface area (Å²) in [6, 6.07) is 7.26. The van der Waals surface area contributed by atoms with E-state index in [9.17, 15) is 13.2 Å². The second kappa shape index (κ2) is 5.60. The standard InChI is InChI=1S/C17H24N2O3S/c1-13(2)8-10-19-17(9-11-18(12-17)14(3)20)15-6-4-5-7-16(15)23(19,21)22/h4-7,13H,8-12H2,1-3H3. The van der Waals surface area contributed by atoms with E-state index in [4.69, 9.17) is 0 Å². The van der Waals surface area contributed by atoms with E-state index in [0.29, 0.717) is 36.9 Å². The van der Waals surface area contributed by atoms with Gasteiger partial charge in [-0.15, -0.1) is 0 Å². The number of hydrogen-bond donors (Lipinski definition) is 0. The molecule has 1 spiro atoms. The van der Waals surface area contributed by atoms with E-state index in [2.05, 4.69) is 13.8 Å². The van der Waals surface area contributed by atoms with E-state index in [1.807, 2.05) is 12.1 Å². The highest BCUT2D eigenvalue weighted by molar-refractivity contribution is 7.89. The first-order valence-electron chi connectivity index (χ1n) is 8.17. The van der Waals surface area contributed by atoms with Crippen LogP contribution in [0.15, 0.2) is 29.2 Å². The van der Waals surface area contributed by atoms with Crippen molar-refractivity contribution in [3.63, 3.8) is 0 Å². The molecule has 0 saturated carbocycles. The Kier molecular flexibility index (Phi) is 4.01. The molecule has 126 valence electrons. The lowest BCUT2D eigenvalue weighted by Crippen LogP contribution is -2.47. The van der Waals surface area contributed by atoms with Crippen LogP contribution in [0.3, 0.4) is 0 Å². The van der Waals surface area contributed by atoms with Gasteiger partial charge >= 0.3 is 0 Å². The van der Waals surface area contributed by atoms with Crippen LogP contribution in [0.2, 0.25) is 0 Å². The van der Waals surface area contributed by atoms with Gasteiger partial charge in [-0.3, -0.25) is 4.79 Å². The third-order valence-electron chi connectivity index (χ3n) is 5.04. The van der Waals surface area contributed by atoms with Crippen LogP contribution in [-0.4, -0.2) is 43.2 Å². The monoisotopic (exact) mass is 336 g/mol. The largest absolute Gasteiger partial charge is 0.341 e. The molecule has 2 heterocycles. The SMILES string of the molecule is CC(=O)N1CCC2(C1)c1ccccc1S(=O)(=O)N2CCC(C)C. The summed E-state index contributed by atoms with van der Waals surface area (Å²) >= 11 is 0. The smallest absolute Gasteiger partial charge is 0.244 e. The van der Waals surface area contributed by atoms with Crippen LogP contribution in [-0.2, 0) is 20.4 Å². The van der Waals surface area contributed by atoms with E-state index < -0.39 is 15.6 Å². The van der Waals surface area contributed by atoms with Gasteiger partial charge in [-0.05, 0) is 30.4 Å². The average Bonchev–Trinajstić information content (AvgIpc) is 2.99. The molecule has 1 fully saturated rings. The van der Waals surface area contributed by atoms with Gasteiger partial charge in [0.15, 0.2) is 0 Å². The molecule has 0 N–H and O–H groups in total. The number of fused-ring (bicyclic) bond motifs is 2. The van der Waals surface area contributed by atoms with Crippen molar-refractivity contribution >= 4 is 15.9 Å². The summed E-state index contributed by atoms with van der Waals surface area (Å²) < 4.78 is 27.8. The summed E-state index contributed by atoms with van der Waals surface area (Å²) in [5, 5.41) is 0. The first kappa shape index (κ1) is 16.5. The van der Waals surface area contributed by atoms with E-state index in [1.54, 1.807) is 28.3 Å². The zero-order valence-corrected chi connectivity index (χ0v) is 14.8. The van der Waals surface area contributed by atoms with Crippen LogP contribution in [0, 0.1) is 5.92 Å². The first-order chi connectivity index (χ1) is 10.8. The van der Waals surface area contributed by atoms with Gasteiger partial charge < -0.3 is 4.90 Å². The van der Waals surface area contributed by atoms with E-state index >= 15 is 0 Å². The summed E-state index contributed by atoms with van der Waals surface area (Å²) in [6.45, 7) is 7.30. The second-order valence-corrected chi connectivity index (χ2v) is 8.81. The highest BCUT2D eigenvalue weighted by atomic mass is 32.2. The van der Waals surface area contributed by atoms with Crippen LogP contribution in [0.25, 0.3) is 0 Å². The predicted molar refractivity (Wildman–Crippen MR) is 88.3 cm³/mol. The summed E-state index contributed by atoms with van der Waals surface area (Å²) in [4.78, 5) is 14.0. The maximum atomic E-state index is 13.1. The fraction of sp³-hybridized carbons (Fsp3) is 0.588. The lowest BCUT2D eigenvalue weighted by molar-refractivity contribution is -0.128. The van der Waals surface area contributed by atoms with Crippen molar-refractivity contribution in [2.75, 3.05) is 19.6 Å². The molecule has 1 unspecified atom stereocenters. The Morgan fingerprint density at radius 1 is 1.30 bits per heavy atom. The molecule has 23 heavy (non-hydrogen) atoms. The minimum Gasteiger partial charge on any atom is -0.341 e. The Morgan fingerprint density at radius 2 is 2.00 bits per heavy atom. The molecule has 0 aromatic heterocycles. The molecule has 3 rings (SSSR count). The van der Waals surface area contributed by atoms with Gasteiger partial charge in [0, 0.05) is 26.6 Å². The van der Waals surface area contributed by atoms with Crippen molar-refractivity contribution in [2.24, 2.45) is 5.92 Å². The van der Waals surface area contributed by atoms with Crippen molar-refractivity contribution in [3.8, 4) is 0 Å². The van der Waals surface area contributed by atoms with Crippen LogP contribution in [0.1, 0.15) is 39.2 Å². The molecule has 5 nitrogen and oxygen atoms in total. The number of carbonyl (C=O) groups is 1. The van der Waals surface area contributed by atoms with Gasteiger partial charge in [0.25, 0.3) is 0 Å². The highest BCUT2D eigenvalue weighted by Crippen LogP contribution is 2.49. The van der Waals surface area contributed by atoms with E-state index in [1.165, 1.54) is 0 Å². The molecule has 1 amide bonds. The lowest BCUT2D eigenvalue weighted by atomic mass is 9.88. The number of rotatable bonds is 3. The molecule has 2 aliphatic heterocycles. The summed E-state index contributed by atoms with van der Waals surface area (Å²) in [6.07, 6.45) is 1.48. The van der Waals surface area contributed by atoms with Crippen LogP contribution < -0.4 is 0 Å². The van der Waals surface area contributed by atoms with E-state index in [-0.39, 0.29) is 5.91 Å². The zero-order valence-electron chi connectivity index (χ0n) is 13.9. The Bertz CT molecular complexity index is 729. The normalized spacial score (nSPS) is 26.2. The zero-order chi connectivity index (χ0) is 16.8. The fourth-order valence-electron chi connectivity index (χ4n) is 3.75. The minimum absolute atomic E-state index is 0.00691. The molecule has 0 aliphatic carbocycles. The number of nitrogens with zero attached hydrogens (tertiary/aromatic N) is 2. The van der Waals surface area contributed by atoms with Crippen LogP contribution in [0.5, 0.6) is 0 Å². The van der Waals surface area contributed by atoms with Crippen molar-refractivity contribution in [3.05, 3.63) is 29.8 Å². The molecule has 6 heteroatoms. The molecule has 1 atom stereocenters. The Morgan fingerprint density at radius 3 is 2.61 bits per heavy atom. The van der Waals surface area contributed by atoms with Crippen LogP contribution in [0.4, 0.5) is 0 Å². The fourth-order valence-corrected chi connectivity index (χ4v) is 5.83. The second-order valence-electron chi connectivity index (χ2n) is 6.98. The predicted octanol–water partition coefficient (Wildman–Crippen LogP) is 2.18. The molecule has 1 saturated heterocycles. The topological polar surface area (TPSA) is 57.7 Å². The quantitative estimate of drug-likeness (QED) is 0.850. The van der Waals surface area contributed by atoms with Crippen molar-refractivity contribution < 1.29 is 13.2 Å². The minimum atomic E-state index is -3.49. The molecule has 1 aromatic carbocycles. The maximum absolute atomic E-state index is 13.1. The Balaban J connectivity index is 2.08. The number of sulfonamides is 1. The first-order valence-corrected chi connectivity index (χ1v) is 9.61. The highest BCUT2D eigenvalue weighted by Gasteiger charge is 2.56. The molecule has 2 aliphatic rings. The number of benzene rings is 1. The van der Waals surface area contributed by atoms with Gasteiger partial charge in [-0.2, -0.15) is 4.31 Å². The van der Waals surface area contributed by atoms with Gasteiger partial charge in [0.2, 0.25) is 15.9 Å². The van der Waals surface area contributed by atoms with Gasteiger partial charge in [-0.25, -0.2) is 8.42 Å². The number of carbonyl (C=O) groups excluding carboxylic acids is 1. The van der Waals surface area contributed by atoms with Gasteiger partial charge in [-0.1, -0.05) is 32.0 Å². The maximum Gasteiger partial charge on any atom is 0.244 e. The lowest BCUT2D eigenvalue weighted by Gasteiger charge is -2.34. The number of amides is 1. The van der Waals surface area contributed by atoms with Gasteiger partial charge in [0.1, 0.15) is 0 Å². The molecular weight excluding hydrogens is 312 g/mol.